The highest BCUT2D eigenvalue weighted by atomic mass is 19.1. The van der Waals surface area contributed by atoms with Gasteiger partial charge in [0.1, 0.15) is 0 Å². The number of hydrogen-bond donors (Lipinski definition) is 2. The summed E-state index contributed by atoms with van der Waals surface area (Å²) in [6.07, 6.45) is 4.06. The van der Waals surface area contributed by atoms with Gasteiger partial charge in [0.2, 0.25) is 0 Å². The van der Waals surface area contributed by atoms with E-state index in [0.717, 1.165) is 18.4 Å². The Morgan fingerprint density at radius 1 is 1.22 bits per heavy atom. The molecule has 7 heteroatoms. The summed E-state index contributed by atoms with van der Waals surface area (Å²) < 4.78 is 17.0. The topological polar surface area (TPSA) is 78.3 Å². The van der Waals surface area contributed by atoms with Crippen LogP contribution in [0.5, 0.6) is 0 Å². The first-order chi connectivity index (χ1) is 12.9. The van der Waals surface area contributed by atoms with Gasteiger partial charge in [-0.3, -0.25) is 14.3 Å². The molecule has 2 heterocycles. The van der Waals surface area contributed by atoms with Gasteiger partial charge in [0, 0.05) is 36.2 Å². The van der Waals surface area contributed by atoms with Crippen LogP contribution in [0.15, 0.2) is 21.2 Å². The first kappa shape index (κ1) is 16.7. The van der Waals surface area contributed by atoms with Crippen molar-refractivity contribution in [3.8, 4) is 0 Å². The molecule has 1 aromatic heterocycles. The molecule has 0 radical (unpaired) electrons. The Morgan fingerprint density at radius 2 is 1.96 bits per heavy atom. The molecule has 2 unspecified atom stereocenters. The SMILES string of the molecule is Cc1c(F)c(N2CC3=CCC(O)C3C2)c(C)c2c1c(=O)[nH]c(=O)n2C1CC1. The van der Waals surface area contributed by atoms with Crippen LogP contribution in [0.1, 0.15) is 36.4 Å². The highest BCUT2D eigenvalue weighted by Gasteiger charge is 2.38. The van der Waals surface area contributed by atoms with E-state index in [1.54, 1.807) is 18.4 Å². The fourth-order valence-corrected chi connectivity index (χ4v) is 4.84. The van der Waals surface area contributed by atoms with E-state index < -0.39 is 23.2 Å². The second kappa shape index (κ2) is 5.55. The third-order valence-electron chi connectivity index (χ3n) is 6.35. The molecule has 0 spiro atoms. The first-order valence-electron chi connectivity index (χ1n) is 9.47. The van der Waals surface area contributed by atoms with E-state index in [1.807, 2.05) is 11.0 Å². The summed E-state index contributed by atoms with van der Waals surface area (Å²) in [5, 5.41) is 10.4. The van der Waals surface area contributed by atoms with Gasteiger partial charge >= 0.3 is 5.69 Å². The number of aromatic nitrogens is 2. The number of nitrogens with zero attached hydrogens (tertiary/aromatic N) is 2. The van der Waals surface area contributed by atoms with Crippen LogP contribution >= 0.6 is 0 Å². The van der Waals surface area contributed by atoms with Crippen molar-refractivity contribution in [2.24, 2.45) is 5.92 Å². The van der Waals surface area contributed by atoms with Gasteiger partial charge in [0.05, 0.1) is 22.7 Å². The van der Waals surface area contributed by atoms with E-state index >= 15 is 4.39 Å². The van der Waals surface area contributed by atoms with E-state index in [0.29, 0.717) is 36.3 Å². The third kappa shape index (κ3) is 2.27. The van der Waals surface area contributed by atoms with Crippen LogP contribution in [0.2, 0.25) is 0 Å². The summed E-state index contributed by atoms with van der Waals surface area (Å²) in [5.41, 5.74) is 2.07. The Balaban J connectivity index is 1.78. The Morgan fingerprint density at radius 3 is 2.63 bits per heavy atom. The smallest absolute Gasteiger partial charge is 0.329 e. The Labute approximate surface area is 154 Å². The average Bonchev–Trinajstić information content (AvgIpc) is 3.27. The molecule has 6 nitrogen and oxygen atoms in total. The minimum absolute atomic E-state index is 0.0320. The lowest BCUT2D eigenvalue weighted by atomic mass is 10.0. The van der Waals surface area contributed by atoms with Crippen LogP contribution in [0.3, 0.4) is 0 Å². The van der Waals surface area contributed by atoms with Crippen molar-refractivity contribution in [1.29, 1.82) is 0 Å². The number of hydrogen-bond acceptors (Lipinski definition) is 4. The van der Waals surface area contributed by atoms with Crippen LogP contribution in [0.4, 0.5) is 10.1 Å². The Kier molecular flexibility index (Phi) is 3.44. The second-order valence-corrected chi connectivity index (χ2v) is 8.07. The van der Waals surface area contributed by atoms with Gasteiger partial charge in [-0.25, -0.2) is 9.18 Å². The maximum atomic E-state index is 15.4. The number of rotatable bonds is 2. The summed E-state index contributed by atoms with van der Waals surface area (Å²) in [6, 6.07) is 0.0655. The number of aliphatic hydroxyl groups excluding tert-OH is 1. The minimum Gasteiger partial charge on any atom is -0.392 e. The summed E-state index contributed by atoms with van der Waals surface area (Å²) in [5.74, 6) is -0.383. The lowest BCUT2D eigenvalue weighted by molar-refractivity contribution is 0.147. The van der Waals surface area contributed by atoms with Gasteiger partial charge in [-0.05, 0) is 38.7 Å². The molecule has 27 heavy (non-hydrogen) atoms. The summed E-state index contributed by atoms with van der Waals surface area (Å²) in [4.78, 5) is 29.2. The van der Waals surface area contributed by atoms with Crippen molar-refractivity contribution in [2.75, 3.05) is 18.0 Å². The largest absolute Gasteiger partial charge is 0.392 e. The van der Waals surface area contributed by atoms with E-state index in [4.69, 9.17) is 0 Å². The van der Waals surface area contributed by atoms with E-state index in [2.05, 4.69) is 4.98 Å². The molecule has 2 fully saturated rings. The molecule has 1 aliphatic heterocycles. The maximum Gasteiger partial charge on any atom is 0.329 e. The van der Waals surface area contributed by atoms with Gasteiger partial charge in [0.25, 0.3) is 5.56 Å². The quantitative estimate of drug-likeness (QED) is 0.791. The molecule has 1 saturated carbocycles. The molecule has 0 amide bonds. The molecule has 3 aliphatic rings. The Hall–Kier alpha value is -2.41. The van der Waals surface area contributed by atoms with Gasteiger partial charge in [0.15, 0.2) is 5.82 Å². The predicted molar refractivity (Wildman–Crippen MR) is 101 cm³/mol. The number of aromatic amines is 1. The zero-order valence-corrected chi connectivity index (χ0v) is 15.4. The fourth-order valence-electron chi connectivity index (χ4n) is 4.84. The molecular formula is C20H22FN3O3. The molecule has 142 valence electrons. The number of fused-ring (bicyclic) bond motifs is 2. The zero-order chi connectivity index (χ0) is 19.0. The van der Waals surface area contributed by atoms with E-state index in [1.165, 1.54) is 0 Å². The van der Waals surface area contributed by atoms with E-state index in [9.17, 15) is 14.7 Å². The number of benzene rings is 1. The highest BCUT2D eigenvalue weighted by molar-refractivity contribution is 5.90. The molecule has 2 atom stereocenters. The minimum atomic E-state index is -0.533. The van der Waals surface area contributed by atoms with Crippen molar-refractivity contribution in [2.45, 2.75) is 45.3 Å². The fraction of sp³-hybridized carbons (Fsp3) is 0.500. The monoisotopic (exact) mass is 371 g/mol. The molecule has 2 aromatic rings. The zero-order valence-electron chi connectivity index (χ0n) is 15.4. The average molecular weight is 371 g/mol. The van der Waals surface area contributed by atoms with Crippen LogP contribution in [0, 0.1) is 25.6 Å². The van der Waals surface area contributed by atoms with Crippen molar-refractivity contribution in [3.05, 3.63) is 49.4 Å². The number of aryl methyl sites for hydroxylation is 2. The second-order valence-electron chi connectivity index (χ2n) is 8.07. The third-order valence-corrected chi connectivity index (χ3v) is 6.35. The highest BCUT2D eigenvalue weighted by Crippen LogP contribution is 2.42. The molecular weight excluding hydrogens is 349 g/mol. The van der Waals surface area contributed by atoms with Crippen molar-refractivity contribution >= 4 is 16.6 Å². The summed E-state index contributed by atoms with van der Waals surface area (Å²) in [6.45, 7) is 4.51. The van der Waals surface area contributed by atoms with Crippen molar-refractivity contribution < 1.29 is 9.50 Å². The van der Waals surface area contributed by atoms with Crippen LogP contribution in [0.25, 0.3) is 10.9 Å². The first-order valence-corrected chi connectivity index (χ1v) is 9.47. The molecule has 1 aromatic carbocycles. The van der Waals surface area contributed by atoms with E-state index in [-0.39, 0.29) is 22.9 Å². The number of H-pyrrole nitrogens is 1. The van der Waals surface area contributed by atoms with Gasteiger partial charge in [-0.2, -0.15) is 0 Å². The number of anilines is 1. The molecule has 1 saturated heterocycles. The molecule has 2 N–H and O–H groups in total. The van der Waals surface area contributed by atoms with Crippen LogP contribution < -0.4 is 16.1 Å². The summed E-state index contributed by atoms with van der Waals surface area (Å²) in [7, 11) is 0. The van der Waals surface area contributed by atoms with Crippen molar-refractivity contribution in [3.63, 3.8) is 0 Å². The van der Waals surface area contributed by atoms with Crippen LogP contribution in [-0.4, -0.2) is 33.9 Å². The normalized spacial score (nSPS) is 24.6. The lowest BCUT2D eigenvalue weighted by Gasteiger charge is -2.25. The molecule has 5 rings (SSSR count). The number of aliphatic hydroxyl groups is 1. The standard InChI is InChI=1S/C20H22FN3O3/c1-9-15-17(24(12-4-5-12)20(27)22-19(15)26)10(2)18(16(9)21)23-7-11-3-6-14(25)13(11)8-23/h3,12-14,25H,4-8H2,1-2H3,(H,22,26,27). The maximum absolute atomic E-state index is 15.4. The van der Waals surface area contributed by atoms with Gasteiger partial charge < -0.3 is 10.0 Å². The Bertz CT molecular complexity index is 1130. The molecule has 2 aliphatic carbocycles. The lowest BCUT2D eigenvalue weighted by Crippen LogP contribution is -2.32. The number of nitrogens with one attached hydrogen (secondary N) is 1. The van der Waals surface area contributed by atoms with Crippen LogP contribution in [-0.2, 0) is 0 Å². The van der Waals surface area contributed by atoms with Gasteiger partial charge in [-0.1, -0.05) is 6.08 Å². The summed E-state index contributed by atoms with van der Waals surface area (Å²) >= 11 is 0. The van der Waals surface area contributed by atoms with Gasteiger partial charge in [-0.15, -0.1) is 0 Å². The van der Waals surface area contributed by atoms with Crippen molar-refractivity contribution in [1.82, 2.24) is 9.55 Å². The molecule has 0 bridgehead atoms. The predicted octanol–water partition coefficient (Wildman–Crippen LogP) is 1.91. The number of halogens is 1.